The molecule has 1 saturated heterocycles. The first-order chi connectivity index (χ1) is 5.97. The molecule has 0 spiro atoms. The zero-order valence-electron chi connectivity index (χ0n) is 7.07. The summed E-state index contributed by atoms with van der Waals surface area (Å²) in [6.45, 7) is 1.70. The fraction of sp³-hybridized carbons (Fsp3) is 0.364. The van der Waals surface area contributed by atoms with E-state index < -0.39 is 0 Å². The van der Waals surface area contributed by atoms with Crippen molar-refractivity contribution in [3.8, 4) is 0 Å². The van der Waals surface area contributed by atoms with Gasteiger partial charge in [0.15, 0.2) is 0 Å². The zero-order valence-corrected chi connectivity index (χ0v) is 7.07. The van der Waals surface area contributed by atoms with Crippen LogP contribution in [-0.2, 0) is 4.74 Å². The Balaban J connectivity index is 2.08. The molecular weight excluding hydrogens is 148 g/mol. The van der Waals surface area contributed by atoms with Gasteiger partial charge in [-0.15, -0.1) is 0 Å². The van der Waals surface area contributed by atoms with Crippen LogP contribution in [0.4, 0.5) is 0 Å². The molecule has 0 bridgehead atoms. The van der Waals surface area contributed by atoms with Gasteiger partial charge in [-0.2, -0.15) is 0 Å². The van der Waals surface area contributed by atoms with Gasteiger partial charge in [0, 0.05) is 6.61 Å². The van der Waals surface area contributed by atoms with Crippen LogP contribution in [0.1, 0.15) is 17.9 Å². The predicted octanol–water partition coefficient (Wildman–Crippen LogP) is 2.39. The van der Waals surface area contributed by atoms with E-state index in [2.05, 4.69) is 36.8 Å². The minimum Gasteiger partial charge on any atom is -0.381 e. The second-order valence-electron chi connectivity index (χ2n) is 3.12. The molecule has 1 heterocycles. The zero-order chi connectivity index (χ0) is 8.23. The lowest BCUT2D eigenvalue weighted by atomic mass is 9.92. The fourth-order valence-corrected chi connectivity index (χ4v) is 1.60. The summed E-state index contributed by atoms with van der Waals surface area (Å²) in [5.74, 6) is 0.611. The third-order valence-electron chi connectivity index (χ3n) is 2.30. The number of rotatable bonds is 1. The van der Waals surface area contributed by atoms with Gasteiger partial charge < -0.3 is 4.74 Å². The molecule has 1 aromatic rings. The van der Waals surface area contributed by atoms with Gasteiger partial charge in [0.25, 0.3) is 0 Å². The van der Waals surface area contributed by atoms with Crippen LogP contribution in [0.25, 0.3) is 0 Å². The first kappa shape index (κ1) is 7.81. The number of ether oxygens (including phenoxy) is 1. The molecule has 0 amide bonds. The minimum atomic E-state index is 0.611. The summed E-state index contributed by atoms with van der Waals surface area (Å²) in [5, 5.41) is 0. The molecule has 1 radical (unpaired) electrons. The van der Waals surface area contributed by atoms with Gasteiger partial charge in [0.05, 0.1) is 6.61 Å². The van der Waals surface area contributed by atoms with Gasteiger partial charge in [-0.25, -0.2) is 0 Å². The van der Waals surface area contributed by atoms with Crippen molar-refractivity contribution in [2.24, 2.45) is 0 Å². The highest BCUT2D eigenvalue weighted by molar-refractivity contribution is 5.22. The summed E-state index contributed by atoms with van der Waals surface area (Å²) in [7, 11) is 0. The lowest BCUT2D eigenvalue weighted by molar-refractivity contribution is 0.118. The highest BCUT2D eigenvalue weighted by atomic mass is 16.5. The largest absolute Gasteiger partial charge is 0.381 e. The van der Waals surface area contributed by atoms with E-state index in [-0.39, 0.29) is 0 Å². The summed E-state index contributed by atoms with van der Waals surface area (Å²) in [6, 6.07) is 10.6. The van der Waals surface area contributed by atoms with Gasteiger partial charge in [-0.05, 0) is 24.3 Å². The first-order valence-corrected chi connectivity index (χ1v) is 4.43. The van der Waals surface area contributed by atoms with Gasteiger partial charge in [-0.3, -0.25) is 0 Å². The van der Waals surface area contributed by atoms with Crippen molar-refractivity contribution in [3.63, 3.8) is 0 Å². The minimum absolute atomic E-state index is 0.611. The molecule has 1 nitrogen and oxygen atoms in total. The van der Waals surface area contributed by atoms with E-state index in [4.69, 9.17) is 4.74 Å². The highest BCUT2D eigenvalue weighted by Gasteiger charge is 2.14. The Bertz CT molecular complexity index is 224. The van der Waals surface area contributed by atoms with Crippen molar-refractivity contribution in [2.75, 3.05) is 13.2 Å². The molecule has 1 aromatic carbocycles. The van der Waals surface area contributed by atoms with E-state index in [1.807, 2.05) is 0 Å². The van der Waals surface area contributed by atoms with Crippen LogP contribution in [0.15, 0.2) is 30.3 Å². The summed E-state index contributed by atoms with van der Waals surface area (Å²) < 4.78 is 5.27. The van der Waals surface area contributed by atoms with Crippen LogP contribution in [0.2, 0.25) is 0 Å². The first-order valence-electron chi connectivity index (χ1n) is 4.43. The average molecular weight is 161 g/mol. The smallest absolute Gasteiger partial charge is 0.0503 e. The molecular formula is C11H13O. The Kier molecular flexibility index (Phi) is 2.42. The molecule has 1 heteroatoms. The Morgan fingerprint density at radius 1 is 1.17 bits per heavy atom. The molecule has 63 valence electrons. The SMILES string of the molecule is [CH]1COCCC1c1ccccc1. The number of hydrogen-bond donors (Lipinski definition) is 0. The molecule has 12 heavy (non-hydrogen) atoms. The van der Waals surface area contributed by atoms with Crippen LogP contribution in [0.3, 0.4) is 0 Å². The van der Waals surface area contributed by atoms with E-state index in [9.17, 15) is 0 Å². The second-order valence-corrected chi connectivity index (χ2v) is 3.12. The van der Waals surface area contributed by atoms with Gasteiger partial charge >= 0.3 is 0 Å². The maximum atomic E-state index is 5.27. The number of benzene rings is 1. The van der Waals surface area contributed by atoms with Crippen molar-refractivity contribution in [1.29, 1.82) is 0 Å². The summed E-state index contributed by atoms with van der Waals surface area (Å²) in [5.41, 5.74) is 1.42. The quantitative estimate of drug-likeness (QED) is 0.614. The predicted molar refractivity (Wildman–Crippen MR) is 48.9 cm³/mol. The van der Waals surface area contributed by atoms with Crippen LogP contribution >= 0.6 is 0 Å². The van der Waals surface area contributed by atoms with Crippen molar-refractivity contribution in [2.45, 2.75) is 12.3 Å². The molecule has 1 unspecified atom stereocenters. The van der Waals surface area contributed by atoms with Gasteiger partial charge in [-0.1, -0.05) is 30.3 Å². The van der Waals surface area contributed by atoms with Crippen molar-refractivity contribution in [1.82, 2.24) is 0 Å². The van der Waals surface area contributed by atoms with Crippen molar-refractivity contribution in [3.05, 3.63) is 42.3 Å². The number of hydrogen-bond acceptors (Lipinski definition) is 1. The Hall–Kier alpha value is -0.820. The molecule has 2 rings (SSSR count). The lowest BCUT2D eigenvalue weighted by Gasteiger charge is -2.21. The molecule has 1 atom stereocenters. The van der Waals surface area contributed by atoms with Crippen molar-refractivity contribution >= 4 is 0 Å². The van der Waals surface area contributed by atoms with Crippen LogP contribution < -0.4 is 0 Å². The second kappa shape index (κ2) is 3.72. The van der Waals surface area contributed by atoms with Gasteiger partial charge in [0.2, 0.25) is 0 Å². The lowest BCUT2D eigenvalue weighted by Crippen LogP contribution is -2.14. The Morgan fingerprint density at radius 2 is 2.00 bits per heavy atom. The molecule has 0 saturated carbocycles. The van der Waals surface area contributed by atoms with E-state index >= 15 is 0 Å². The molecule has 0 N–H and O–H groups in total. The maximum absolute atomic E-state index is 5.27. The average Bonchev–Trinajstić information content (AvgIpc) is 2.21. The van der Waals surface area contributed by atoms with E-state index in [0.29, 0.717) is 5.92 Å². The van der Waals surface area contributed by atoms with E-state index in [1.165, 1.54) is 5.56 Å². The molecule has 1 aliphatic heterocycles. The van der Waals surface area contributed by atoms with Crippen LogP contribution in [0, 0.1) is 6.42 Å². The fourth-order valence-electron chi connectivity index (χ4n) is 1.60. The van der Waals surface area contributed by atoms with Crippen LogP contribution in [0.5, 0.6) is 0 Å². The summed E-state index contributed by atoms with van der Waals surface area (Å²) >= 11 is 0. The Morgan fingerprint density at radius 3 is 2.67 bits per heavy atom. The van der Waals surface area contributed by atoms with Crippen molar-refractivity contribution < 1.29 is 4.74 Å². The molecule has 0 aliphatic carbocycles. The summed E-state index contributed by atoms with van der Waals surface area (Å²) in [6.07, 6.45) is 3.38. The highest BCUT2D eigenvalue weighted by Crippen LogP contribution is 2.25. The topological polar surface area (TPSA) is 9.23 Å². The molecule has 0 aromatic heterocycles. The van der Waals surface area contributed by atoms with Crippen LogP contribution in [-0.4, -0.2) is 13.2 Å². The standard InChI is InChI=1S/C11H13O/c1-2-4-10(5-3-1)11-6-8-12-9-7-11/h1-6,11H,7-9H2. The maximum Gasteiger partial charge on any atom is 0.0503 e. The Labute approximate surface area is 73.4 Å². The monoisotopic (exact) mass is 161 g/mol. The van der Waals surface area contributed by atoms with E-state index in [0.717, 1.165) is 19.6 Å². The third kappa shape index (κ3) is 1.67. The van der Waals surface area contributed by atoms with E-state index in [1.54, 1.807) is 0 Å². The van der Waals surface area contributed by atoms with Gasteiger partial charge in [0.1, 0.15) is 0 Å². The molecule has 1 fully saturated rings. The normalized spacial score (nSPS) is 19.3. The molecule has 1 aliphatic rings. The third-order valence-corrected chi connectivity index (χ3v) is 2.30. The summed E-state index contributed by atoms with van der Waals surface area (Å²) in [4.78, 5) is 0.